The predicted octanol–water partition coefficient (Wildman–Crippen LogP) is 1.21. The van der Waals surface area contributed by atoms with Gasteiger partial charge in [0.2, 0.25) is 0 Å². The summed E-state index contributed by atoms with van der Waals surface area (Å²) in [5.41, 5.74) is 2.57. The lowest BCUT2D eigenvalue weighted by molar-refractivity contribution is 0.901. The van der Waals surface area contributed by atoms with Crippen LogP contribution in [0.15, 0.2) is 17.3 Å². The Morgan fingerprint density at radius 1 is 1.57 bits per heavy atom. The summed E-state index contributed by atoms with van der Waals surface area (Å²) < 4.78 is 1.84. The smallest absolute Gasteiger partial charge is 0.275 e. The molecule has 2 aromatic heterocycles. The zero-order valence-electron chi connectivity index (χ0n) is 8.37. The molecule has 0 aliphatic heterocycles. The molecular formula is C10H13N3O. The highest BCUT2D eigenvalue weighted by Gasteiger charge is 2.09. The number of aromatic nitrogens is 3. The van der Waals surface area contributed by atoms with Crippen molar-refractivity contribution in [2.45, 2.75) is 19.8 Å². The number of hydrogen-bond donors (Lipinski definition) is 1. The number of aromatic amines is 1. The van der Waals surface area contributed by atoms with E-state index in [1.54, 1.807) is 0 Å². The Morgan fingerprint density at radius 2 is 2.36 bits per heavy atom. The number of nitrogens with one attached hydrogen (secondary N) is 1. The highest BCUT2D eigenvalue weighted by atomic mass is 16.1. The van der Waals surface area contributed by atoms with Gasteiger partial charge in [-0.25, -0.2) is 4.98 Å². The molecule has 0 radical (unpaired) electrons. The number of rotatable bonds is 2. The van der Waals surface area contributed by atoms with Gasteiger partial charge in [-0.05, 0) is 12.0 Å². The Balaban J connectivity index is 2.77. The Morgan fingerprint density at radius 3 is 3.07 bits per heavy atom. The van der Waals surface area contributed by atoms with Crippen LogP contribution in [-0.4, -0.2) is 14.5 Å². The Bertz CT molecular complexity index is 510. The maximum atomic E-state index is 11.5. The normalized spacial score (nSPS) is 11.0. The van der Waals surface area contributed by atoms with Crippen LogP contribution in [-0.2, 0) is 13.5 Å². The number of hydrogen-bond acceptors (Lipinski definition) is 2. The fraction of sp³-hybridized carbons (Fsp3) is 0.400. The van der Waals surface area contributed by atoms with Crippen LogP contribution in [0.5, 0.6) is 0 Å². The highest BCUT2D eigenvalue weighted by molar-refractivity contribution is 5.78. The van der Waals surface area contributed by atoms with Crippen molar-refractivity contribution in [3.05, 3.63) is 28.4 Å². The molecule has 0 fully saturated rings. The molecule has 0 saturated heterocycles. The molecule has 0 aromatic carbocycles. The van der Waals surface area contributed by atoms with E-state index in [1.807, 2.05) is 17.8 Å². The number of fused-ring (bicyclic) bond motifs is 1. The van der Waals surface area contributed by atoms with Crippen molar-refractivity contribution in [2.75, 3.05) is 0 Å². The summed E-state index contributed by atoms with van der Waals surface area (Å²) in [5.74, 6) is 0. The van der Waals surface area contributed by atoms with Crippen molar-refractivity contribution in [3.63, 3.8) is 0 Å². The zero-order chi connectivity index (χ0) is 10.1. The quantitative estimate of drug-likeness (QED) is 0.775. The lowest BCUT2D eigenvalue weighted by atomic mass is 10.2. The molecule has 0 aliphatic rings. The van der Waals surface area contributed by atoms with Crippen molar-refractivity contribution in [1.82, 2.24) is 14.5 Å². The Labute approximate surface area is 81.6 Å². The van der Waals surface area contributed by atoms with E-state index in [1.165, 1.54) is 6.33 Å². The fourth-order valence-corrected chi connectivity index (χ4v) is 1.77. The second-order valence-electron chi connectivity index (χ2n) is 3.44. The van der Waals surface area contributed by atoms with Gasteiger partial charge in [0.25, 0.3) is 5.56 Å². The number of nitrogens with zero attached hydrogens (tertiary/aromatic N) is 2. The van der Waals surface area contributed by atoms with E-state index in [9.17, 15) is 4.79 Å². The zero-order valence-corrected chi connectivity index (χ0v) is 8.37. The van der Waals surface area contributed by atoms with Crippen LogP contribution in [0, 0.1) is 0 Å². The second kappa shape index (κ2) is 3.29. The van der Waals surface area contributed by atoms with Crippen LogP contribution in [0.3, 0.4) is 0 Å². The maximum Gasteiger partial charge on any atom is 0.275 e. The summed E-state index contributed by atoms with van der Waals surface area (Å²) in [4.78, 5) is 18.3. The molecule has 4 nitrogen and oxygen atoms in total. The van der Waals surface area contributed by atoms with Crippen LogP contribution in [0.4, 0.5) is 0 Å². The summed E-state index contributed by atoms with van der Waals surface area (Å²) in [6.07, 6.45) is 5.47. The van der Waals surface area contributed by atoms with Gasteiger partial charge in [0.15, 0.2) is 0 Å². The largest absolute Gasteiger partial charge is 0.344 e. The Kier molecular flexibility index (Phi) is 2.11. The van der Waals surface area contributed by atoms with Gasteiger partial charge in [-0.15, -0.1) is 0 Å². The van der Waals surface area contributed by atoms with Gasteiger partial charge >= 0.3 is 0 Å². The molecule has 0 bridgehead atoms. The summed E-state index contributed by atoms with van der Waals surface area (Å²) in [6.45, 7) is 2.12. The molecule has 0 saturated carbocycles. The number of aryl methyl sites for hydroxylation is 2. The lowest BCUT2D eigenvalue weighted by Crippen LogP contribution is -2.08. The highest BCUT2D eigenvalue weighted by Crippen LogP contribution is 2.15. The monoisotopic (exact) mass is 191 g/mol. The first kappa shape index (κ1) is 8.99. The molecular weight excluding hydrogens is 178 g/mol. The maximum absolute atomic E-state index is 11.5. The average molecular weight is 191 g/mol. The second-order valence-corrected chi connectivity index (χ2v) is 3.44. The molecule has 0 aliphatic carbocycles. The predicted molar refractivity (Wildman–Crippen MR) is 55.3 cm³/mol. The van der Waals surface area contributed by atoms with E-state index in [2.05, 4.69) is 16.9 Å². The van der Waals surface area contributed by atoms with Crippen LogP contribution < -0.4 is 5.56 Å². The molecule has 0 spiro atoms. The van der Waals surface area contributed by atoms with E-state index >= 15 is 0 Å². The SMILES string of the molecule is CCCc1cn(C)c2c(=O)[nH]cnc12. The summed E-state index contributed by atoms with van der Waals surface area (Å²) in [5, 5.41) is 0. The standard InChI is InChI=1S/C10H13N3O/c1-3-4-7-5-13(2)9-8(7)11-6-12-10(9)14/h5-6H,3-4H2,1-2H3,(H,11,12,14). The van der Waals surface area contributed by atoms with Gasteiger partial charge in [0, 0.05) is 13.2 Å². The molecule has 2 aromatic rings. The molecule has 2 rings (SSSR count). The first-order chi connectivity index (χ1) is 6.74. The molecule has 14 heavy (non-hydrogen) atoms. The molecule has 0 unspecified atom stereocenters. The molecule has 0 atom stereocenters. The van der Waals surface area contributed by atoms with E-state index in [0.29, 0.717) is 5.52 Å². The van der Waals surface area contributed by atoms with Crippen LogP contribution >= 0.6 is 0 Å². The van der Waals surface area contributed by atoms with Crippen molar-refractivity contribution < 1.29 is 0 Å². The van der Waals surface area contributed by atoms with E-state index in [0.717, 1.165) is 23.9 Å². The van der Waals surface area contributed by atoms with Crippen molar-refractivity contribution >= 4 is 11.0 Å². The van der Waals surface area contributed by atoms with Crippen LogP contribution in [0.25, 0.3) is 11.0 Å². The Hall–Kier alpha value is -1.58. The van der Waals surface area contributed by atoms with E-state index in [-0.39, 0.29) is 5.56 Å². The summed E-state index contributed by atoms with van der Waals surface area (Å²) >= 11 is 0. The minimum atomic E-state index is -0.0696. The van der Waals surface area contributed by atoms with Crippen molar-refractivity contribution in [2.24, 2.45) is 7.05 Å². The van der Waals surface area contributed by atoms with E-state index in [4.69, 9.17) is 0 Å². The fourth-order valence-electron chi connectivity index (χ4n) is 1.77. The van der Waals surface area contributed by atoms with Crippen molar-refractivity contribution in [1.29, 1.82) is 0 Å². The topological polar surface area (TPSA) is 50.7 Å². The molecule has 0 amide bonds. The van der Waals surface area contributed by atoms with Gasteiger partial charge in [0.05, 0.1) is 11.8 Å². The minimum Gasteiger partial charge on any atom is -0.344 e. The van der Waals surface area contributed by atoms with Crippen LogP contribution in [0.1, 0.15) is 18.9 Å². The molecule has 4 heteroatoms. The first-order valence-corrected chi connectivity index (χ1v) is 4.75. The first-order valence-electron chi connectivity index (χ1n) is 4.75. The molecule has 74 valence electrons. The van der Waals surface area contributed by atoms with Gasteiger partial charge in [-0.1, -0.05) is 13.3 Å². The number of H-pyrrole nitrogens is 1. The average Bonchev–Trinajstić information content (AvgIpc) is 2.46. The van der Waals surface area contributed by atoms with E-state index < -0.39 is 0 Å². The van der Waals surface area contributed by atoms with Gasteiger partial charge in [-0.3, -0.25) is 4.79 Å². The van der Waals surface area contributed by atoms with Crippen molar-refractivity contribution in [3.8, 4) is 0 Å². The third-order valence-corrected chi connectivity index (χ3v) is 2.35. The molecule has 2 heterocycles. The third-order valence-electron chi connectivity index (χ3n) is 2.35. The third kappa shape index (κ3) is 1.23. The van der Waals surface area contributed by atoms with Gasteiger partial charge < -0.3 is 9.55 Å². The summed E-state index contributed by atoms with van der Waals surface area (Å²) in [6, 6.07) is 0. The van der Waals surface area contributed by atoms with Crippen LogP contribution in [0.2, 0.25) is 0 Å². The summed E-state index contributed by atoms with van der Waals surface area (Å²) in [7, 11) is 1.87. The minimum absolute atomic E-state index is 0.0696. The lowest BCUT2D eigenvalue weighted by Gasteiger charge is -1.93. The molecule has 1 N–H and O–H groups in total. The van der Waals surface area contributed by atoms with Gasteiger partial charge in [-0.2, -0.15) is 0 Å². The van der Waals surface area contributed by atoms with Gasteiger partial charge in [0.1, 0.15) is 5.52 Å².